The first-order valence-corrected chi connectivity index (χ1v) is 10.4. The minimum absolute atomic E-state index is 0.224. The number of carboxylic acid groups (broad SMARTS) is 1. The maximum Gasteiger partial charge on any atom is 0.335 e. The molecule has 7 nitrogen and oxygen atoms in total. The Morgan fingerprint density at radius 1 is 1.17 bits per heavy atom. The Labute approximate surface area is 172 Å². The molecule has 0 amide bonds. The zero-order chi connectivity index (χ0) is 20.2. The molecule has 1 aromatic heterocycles. The van der Waals surface area contributed by atoms with E-state index in [0.717, 1.165) is 35.4 Å². The molecule has 148 valence electrons. The summed E-state index contributed by atoms with van der Waals surface area (Å²) in [5.74, 6) is 0.364. The van der Waals surface area contributed by atoms with E-state index in [4.69, 9.17) is 9.84 Å². The van der Waals surface area contributed by atoms with Crippen LogP contribution >= 0.6 is 11.8 Å². The Hall–Kier alpha value is -3.13. The number of nitrogens with zero attached hydrogens (tertiary/aromatic N) is 3. The number of hydrogen-bond acceptors (Lipinski definition) is 7. The minimum Gasteiger partial charge on any atom is -0.478 e. The molecule has 4 rings (SSSR count). The van der Waals surface area contributed by atoms with Crippen LogP contribution in [-0.2, 0) is 0 Å². The van der Waals surface area contributed by atoms with Crippen molar-refractivity contribution >= 4 is 23.4 Å². The standard InChI is InChI=1S/C21H20N4O3S/c1-2-3-12-29-21-23-19-17(24-25-21)15-6-4-5-7-16(15)22-18(28-19)13-8-10-14(11-9-13)20(26)27/h4-11,18,22H,2-3,12H2,1H3,(H,26,27)/t18-/m1/s1. The molecule has 1 atom stereocenters. The van der Waals surface area contributed by atoms with E-state index in [1.807, 2.05) is 24.3 Å². The molecule has 2 aromatic carbocycles. The number of carboxylic acids is 1. The van der Waals surface area contributed by atoms with Crippen LogP contribution in [0.3, 0.4) is 0 Å². The Morgan fingerprint density at radius 3 is 2.72 bits per heavy atom. The highest BCUT2D eigenvalue weighted by molar-refractivity contribution is 7.99. The highest BCUT2D eigenvalue weighted by Gasteiger charge is 2.26. The molecule has 3 aromatic rings. The Morgan fingerprint density at radius 2 is 1.97 bits per heavy atom. The van der Waals surface area contributed by atoms with Gasteiger partial charge in [-0.1, -0.05) is 55.4 Å². The normalized spacial score (nSPS) is 14.7. The van der Waals surface area contributed by atoms with Crippen molar-refractivity contribution in [3.05, 3.63) is 59.7 Å². The van der Waals surface area contributed by atoms with Crippen LogP contribution < -0.4 is 10.1 Å². The summed E-state index contributed by atoms with van der Waals surface area (Å²) in [7, 11) is 0. The molecule has 2 N–H and O–H groups in total. The van der Waals surface area contributed by atoms with Gasteiger partial charge in [0.2, 0.25) is 11.0 Å². The number of rotatable bonds is 6. The van der Waals surface area contributed by atoms with E-state index in [1.54, 1.807) is 36.0 Å². The number of hydrogen-bond donors (Lipinski definition) is 2. The number of unbranched alkanes of at least 4 members (excludes halogenated alkanes) is 1. The molecule has 1 aliphatic rings. The molecule has 1 aliphatic heterocycles. The van der Waals surface area contributed by atoms with E-state index in [0.29, 0.717) is 16.7 Å². The number of carbonyl (C=O) groups is 1. The molecule has 0 radical (unpaired) electrons. The summed E-state index contributed by atoms with van der Waals surface area (Å²) >= 11 is 1.56. The number of aromatic nitrogens is 3. The van der Waals surface area contributed by atoms with Crippen molar-refractivity contribution in [3.8, 4) is 17.1 Å². The Bertz CT molecular complexity index is 1030. The fourth-order valence-corrected chi connectivity index (χ4v) is 3.83. The summed E-state index contributed by atoms with van der Waals surface area (Å²) in [5, 5.41) is 21.7. The topological polar surface area (TPSA) is 97.2 Å². The SMILES string of the molecule is CCCCSc1nnc2c(n1)O[C@H](c1ccc(C(=O)O)cc1)Nc1ccccc1-2. The van der Waals surface area contributed by atoms with Crippen molar-refractivity contribution in [2.75, 3.05) is 11.1 Å². The molecule has 0 aliphatic carbocycles. The number of anilines is 1. The minimum atomic E-state index is -0.965. The van der Waals surface area contributed by atoms with Gasteiger partial charge in [0.25, 0.3) is 0 Å². The van der Waals surface area contributed by atoms with Crippen LogP contribution in [0.2, 0.25) is 0 Å². The summed E-state index contributed by atoms with van der Waals surface area (Å²) in [6, 6.07) is 14.3. The van der Waals surface area contributed by atoms with E-state index in [2.05, 4.69) is 27.4 Å². The largest absolute Gasteiger partial charge is 0.478 e. The van der Waals surface area contributed by atoms with E-state index in [1.165, 1.54) is 0 Å². The third-order valence-corrected chi connectivity index (χ3v) is 5.45. The first-order chi connectivity index (χ1) is 14.2. The van der Waals surface area contributed by atoms with Gasteiger partial charge in [-0.2, -0.15) is 4.98 Å². The number of fused-ring (bicyclic) bond motifs is 3. The molecule has 0 bridgehead atoms. The van der Waals surface area contributed by atoms with Crippen molar-refractivity contribution in [1.29, 1.82) is 0 Å². The van der Waals surface area contributed by atoms with Crippen molar-refractivity contribution in [2.45, 2.75) is 31.1 Å². The van der Waals surface area contributed by atoms with Gasteiger partial charge in [0.05, 0.1) is 5.56 Å². The first kappa shape index (κ1) is 19.2. The summed E-state index contributed by atoms with van der Waals surface area (Å²) in [6.07, 6.45) is 1.65. The van der Waals surface area contributed by atoms with Crippen LogP contribution in [0, 0.1) is 0 Å². The lowest BCUT2D eigenvalue weighted by molar-refractivity contribution is 0.0696. The molecule has 29 heavy (non-hydrogen) atoms. The number of aromatic carboxylic acids is 1. The van der Waals surface area contributed by atoms with Crippen LogP contribution in [-0.4, -0.2) is 32.0 Å². The molecule has 0 spiro atoms. The van der Waals surface area contributed by atoms with E-state index < -0.39 is 12.2 Å². The first-order valence-electron chi connectivity index (χ1n) is 9.39. The number of ether oxygens (including phenoxy) is 1. The maximum absolute atomic E-state index is 11.1. The van der Waals surface area contributed by atoms with Crippen LogP contribution in [0.25, 0.3) is 11.3 Å². The van der Waals surface area contributed by atoms with Gasteiger partial charge < -0.3 is 15.2 Å². The highest BCUT2D eigenvalue weighted by atomic mass is 32.2. The molecule has 8 heteroatoms. The monoisotopic (exact) mass is 408 g/mol. The summed E-state index contributed by atoms with van der Waals surface area (Å²) < 4.78 is 6.19. The molecule has 2 heterocycles. The second-order valence-corrected chi connectivity index (χ2v) is 7.63. The van der Waals surface area contributed by atoms with Crippen molar-refractivity contribution in [2.24, 2.45) is 0 Å². The lowest BCUT2D eigenvalue weighted by atomic mass is 10.1. The van der Waals surface area contributed by atoms with E-state index in [9.17, 15) is 4.79 Å². The van der Waals surface area contributed by atoms with Crippen LogP contribution in [0.5, 0.6) is 5.88 Å². The lowest BCUT2D eigenvalue weighted by Gasteiger charge is -2.19. The Balaban J connectivity index is 1.71. The molecule has 0 unspecified atom stereocenters. The van der Waals surface area contributed by atoms with Gasteiger partial charge in [-0.05, 0) is 24.6 Å². The molecule has 0 fully saturated rings. The Kier molecular flexibility index (Phi) is 5.62. The van der Waals surface area contributed by atoms with Crippen LogP contribution in [0.15, 0.2) is 53.7 Å². The third-order valence-electron chi connectivity index (χ3n) is 4.52. The fourth-order valence-electron chi connectivity index (χ4n) is 2.97. The van der Waals surface area contributed by atoms with Crippen molar-refractivity contribution < 1.29 is 14.6 Å². The van der Waals surface area contributed by atoms with Gasteiger partial charge in [-0.3, -0.25) is 0 Å². The number of benzene rings is 2. The predicted octanol–water partition coefficient (Wildman–Crippen LogP) is 4.63. The molecule has 0 saturated carbocycles. The number of para-hydroxylation sites is 1. The molecular formula is C21H20N4O3S. The van der Waals surface area contributed by atoms with Gasteiger partial charge >= 0.3 is 5.97 Å². The fraction of sp³-hybridized carbons (Fsp3) is 0.238. The van der Waals surface area contributed by atoms with E-state index >= 15 is 0 Å². The van der Waals surface area contributed by atoms with Crippen LogP contribution in [0.1, 0.15) is 41.9 Å². The summed E-state index contributed by atoms with van der Waals surface area (Å²) in [5.41, 5.74) is 3.30. The van der Waals surface area contributed by atoms with Gasteiger partial charge in [0.1, 0.15) is 0 Å². The lowest BCUT2D eigenvalue weighted by Crippen LogP contribution is -2.17. The van der Waals surface area contributed by atoms with Gasteiger partial charge in [0, 0.05) is 22.6 Å². The number of nitrogens with one attached hydrogen (secondary N) is 1. The highest BCUT2D eigenvalue weighted by Crippen LogP contribution is 2.39. The number of thioether (sulfide) groups is 1. The average Bonchev–Trinajstić information content (AvgIpc) is 2.90. The van der Waals surface area contributed by atoms with Crippen molar-refractivity contribution in [3.63, 3.8) is 0 Å². The molecular weight excluding hydrogens is 388 g/mol. The van der Waals surface area contributed by atoms with Gasteiger partial charge in [0.15, 0.2) is 11.9 Å². The quantitative estimate of drug-likeness (QED) is 0.450. The summed E-state index contributed by atoms with van der Waals surface area (Å²) in [4.78, 5) is 15.7. The predicted molar refractivity (Wildman–Crippen MR) is 111 cm³/mol. The third kappa shape index (κ3) is 4.17. The molecule has 0 saturated heterocycles. The second-order valence-electron chi connectivity index (χ2n) is 6.57. The smallest absolute Gasteiger partial charge is 0.335 e. The maximum atomic E-state index is 11.1. The average molecular weight is 408 g/mol. The zero-order valence-electron chi connectivity index (χ0n) is 15.8. The summed E-state index contributed by atoms with van der Waals surface area (Å²) in [6.45, 7) is 2.14. The van der Waals surface area contributed by atoms with E-state index in [-0.39, 0.29) is 5.56 Å². The van der Waals surface area contributed by atoms with Gasteiger partial charge in [-0.15, -0.1) is 10.2 Å². The van der Waals surface area contributed by atoms with Crippen molar-refractivity contribution in [1.82, 2.24) is 15.2 Å². The van der Waals surface area contributed by atoms with Crippen LogP contribution in [0.4, 0.5) is 5.69 Å². The van der Waals surface area contributed by atoms with Gasteiger partial charge in [-0.25, -0.2) is 4.79 Å². The zero-order valence-corrected chi connectivity index (χ0v) is 16.6. The second kappa shape index (κ2) is 8.48.